The van der Waals surface area contributed by atoms with Crippen molar-refractivity contribution in [2.45, 2.75) is 20.8 Å². The minimum absolute atomic E-state index is 0.838. The van der Waals surface area contributed by atoms with Crippen LogP contribution >= 0.6 is 0 Å². The van der Waals surface area contributed by atoms with Crippen molar-refractivity contribution in [2.75, 3.05) is 19.0 Å². The summed E-state index contributed by atoms with van der Waals surface area (Å²) in [6.45, 7) is 6.09. The van der Waals surface area contributed by atoms with Crippen molar-refractivity contribution >= 4 is 17.1 Å². The third-order valence-electron chi connectivity index (χ3n) is 3.56. The minimum atomic E-state index is 0.838. The molecule has 3 heteroatoms. The first kappa shape index (κ1) is 15.1. The molecule has 2 N–H and O–H groups in total. The Bertz CT molecular complexity index is 670. The molecule has 0 aliphatic heterocycles. The molecular weight excluding hydrogens is 258 g/mol. The van der Waals surface area contributed by atoms with Crippen LogP contribution in [0.25, 0.3) is 0 Å². The van der Waals surface area contributed by atoms with Crippen LogP contribution in [0.5, 0.6) is 0 Å². The van der Waals surface area contributed by atoms with Crippen molar-refractivity contribution in [3.63, 3.8) is 0 Å². The van der Waals surface area contributed by atoms with Crippen molar-refractivity contribution < 1.29 is 0 Å². The monoisotopic (exact) mass is 281 g/mol. The number of rotatable bonds is 2. The van der Waals surface area contributed by atoms with E-state index >= 15 is 0 Å². The molecule has 110 valence electrons. The summed E-state index contributed by atoms with van der Waals surface area (Å²) in [6.07, 6.45) is 6.11. The molecule has 0 unspecified atom stereocenters. The number of anilines is 1. The summed E-state index contributed by atoms with van der Waals surface area (Å²) in [5, 5.41) is 0. The maximum Gasteiger partial charge on any atom is 0.0641 e. The van der Waals surface area contributed by atoms with Crippen LogP contribution in [-0.2, 0) is 0 Å². The largest absolute Gasteiger partial charge is 0.402 e. The lowest BCUT2D eigenvalue weighted by molar-refractivity contribution is 1.11. The summed E-state index contributed by atoms with van der Waals surface area (Å²) >= 11 is 0. The minimum Gasteiger partial charge on any atom is -0.402 e. The molecule has 21 heavy (non-hydrogen) atoms. The van der Waals surface area contributed by atoms with E-state index in [-0.39, 0.29) is 0 Å². The second-order valence-corrected chi connectivity index (χ2v) is 5.66. The van der Waals surface area contributed by atoms with Crippen LogP contribution in [0.3, 0.4) is 0 Å². The number of hydrogen-bond donors (Lipinski definition) is 1. The molecule has 1 aliphatic rings. The van der Waals surface area contributed by atoms with Gasteiger partial charge < -0.3 is 10.6 Å². The van der Waals surface area contributed by atoms with Crippen molar-refractivity contribution in [1.29, 1.82) is 0 Å². The Morgan fingerprint density at radius 1 is 1.14 bits per heavy atom. The lowest BCUT2D eigenvalue weighted by Gasteiger charge is -2.16. The van der Waals surface area contributed by atoms with Gasteiger partial charge in [-0.1, -0.05) is 6.08 Å². The van der Waals surface area contributed by atoms with Gasteiger partial charge >= 0.3 is 0 Å². The molecule has 0 saturated heterocycles. The number of allylic oxidation sites excluding steroid dienone is 6. The summed E-state index contributed by atoms with van der Waals surface area (Å²) in [5.41, 5.74) is 13.3. The van der Waals surface area contributed by atoms with E-state index in [1.54, 1.807) is 0 Å². The van der Waals surface area contributed by atoms with Crippen LogP contribution in [0.4, 0.5) is 11.4 Å². The highest BCUT2D eigenvalue weighted by Gasteiger charge is 2.07. The maximum atomic E-state index is 5.86. The van der Waals surface area contributed by atoms with E-state index in [1.165, 1.54) is 11.3 Å². The molecular formula is C18H23N3. The smallest absolute Gasteiger partial charge is 0.0641 e. The van der Waals surface area contributed by atoms with E-state index in [9.17, 15) is 0 Å². The molecule has 0 heterocycles. The van der Waals surface area contributed by atoms with Gasteiger partial charge in [-0.05, 0) is 67.8 Å². The molecule has 1 aliphatic carbocycles. The Balaban J connectivity index is 2.32. The first-order chi connectivity index (χ1) is 9.88. The van der Waals surface area contributed by atoms with Gasteiger partial charge in [-0.25, -0.2) is 4.99 Å². The number of nitrogens with two attached hydrogens (primary N) is 1. The van der Waals surface area contributed by atoms with E-state index in [4.69, 9.17) is 10.7 Å². The van der Waals surface area contributed by atoms with Crippen LogP contribution < -0.4 is 10.6 Å². The van der Waals surface area contributed by atoms with Gasteiger partial charge in [0.15, 0.2) is 0 Å². The predicted molar refractivity (Wildman–Crippen MR) is 92.4 cm³/mol. The number of aliphatic imine (C=N–C) groups is 1. The molecule has 2 rings (SSSR count). The van der Waals surface area contributed by atoms with E-state index in [0.717, 1.165) is 28.2 Å². The molecule has 0 amide bonds. The van der Waals surface area contributed by atoms with Gasteiger partial charge in [0.1, 0.15) is 0 Å². The zero-order valence-electron chi connectivity index (χ0n) is 13.4. The number of benzene rings is 1. The molecule has 0 aromatic heterocycles. The van der Waals surface area contributed by atoms with Crippen molar-refractivity contribution in [3.8, 4) is 0 Å². The van der Waals surface area contributed by atoms with E-state index in [1.807, 2.05) is 39.2 Å². The SMILES string of the molecule is CC1=CC(=N/c2ccc(N(C)C)c(C)c2)/C=CC/1=C(\C)N. The number of nitrogens with zero attached hydrogens (tertiary/aromatic N) is 2. The highest BCUT2D eigenvalue weighted by Crippen LogP contribution is 2.25. The lowest BCUT2D eigenvalue weighted by atomic mass is 9.98. The molecule has 0 radical (unpaired) electrons. The topological polar surface area (TPSA) is 41.6 Å². The van der Waals surface area contributed by atoms with Gasteiger partial charge in [-0.2, -0.15) is 0 Å². The normalized spacial score (nSPS) is 18.7. The number of aryl methyl sites for hydroxylation is 1. The van der Waals surface area contributed by atoms with Crippen LogP contribution in [0.1, 0.15) is 19.4 Å². The molecule has 0 atom stereocenters. The Morgan fingerprint density at radius 3 is 2.38 bits per heavy atom. The highest BCUT2D eigenvalue weighted by molar-refractivity contribution is 6.08. The number of hydrogen-bond acceptors (Lipinski definition) is 3. The van der Waals surface area contributed by atoms with Crippen LogP contribution in [-0.4, -0.2) is 19.8 Å². The summed E-state index contributed by atoms with van der Waals surface area (Å²) in [4.78, 5) is 6.80. The standard InChI is InChI=1S/C18H23N3/c1-12-10-15(6-8-17(12)14(3)19)20-16-7-9-18(21(4)5)13(2)11-16/h6-11H,19H2,1-5H3/b17-14-,20-15+. The fraction of sp³-hybridized carbons (Fsp3) is 0.278. The van der Waals surface area contributed by atoms with Gasteiger partial charge in [-0.15, -0.1) is 0 Å². The fourth-order valence-corrected chi connectivity index (χ4v) is 2.52. The summed E-state index contributed by atoms with van der Waals surface area (Å²) in [7, 11) is 4.10. The van der Waals surface area contributed by atoms with Crippen molar-refractivity contribution in [3.05, 3.63) is 58.8 Å². The summed E-state index contributed by atoms with van der Waals surface area (Å²) in [5.74, 6) is 0. The molecule has 3 nitrogen and oxygen atoms in total. The Kier molecular flexibility index (Phi) is 4.32. The second-order valence-electron chi connectivity index (χ2n) is 5.66. The van der Waals surface area contributed by atoms with Gasteiger partial charge in [0.2, 0.25) is 0 Å². The van der Waals surface area contributed by atoms with Crippen LogP contribution in [0.15, 0.2) is 58.3 Å². The third-order valence-corrected chi connectivity index (χ3v) is 3.56. The maximum absolute atomic E-state index is 5.86. The fourth-order valence-electron chi connectivity index (χ4n) is 2.52. The van der Waals surface area contributed by atoms with Gasteiger partial charge in [-0.3, -0.25) is 0 Å². The molecule has 0 spiro atoms. The average Bonchev–Trinajstić information content (AvgIpc) is 2.37. The van der Waals surface area contributed by atoms with E-state index in [0.29, 0.717) is 0 Å². The molecule has 0 bridgehead atoms. The molecule has 0 fully saturated rings. The Hall–Kier alpha value is -2.29. The van der Waals surface area contributed by atoms with Gasteiger partial charge in [0.05, 0.1) is 11.4 Å². The Morgan fingerprint density at radius 2 is 1.86 bits per heavy atom. The predicted octanol–water partition coefficient (Wildman–Crippen LogP) is 3.88. The van der Waals surface area contributed by atoms with Crippen LogP contribution in [0, 0.1) is 6.92 Å². The quantitative estimate of drug-likeness (QED) is 0.893. The third kappa shape index (κ3) is 3.43. The van der Waals surface area contributed by atoms with E-state index < -0.39 is 0 Å². The Labute approximate surface area is 127 Å². The lowest BCUT2D eigenvalue weighted by Crippen LogP contribution is -2.09. The average molecular weight is 281 g/mol. The highest BCUT2D eigenvalue weighted by atomic mass is 15.1. The zero-order chi connectivity index (χ0) is 15.6. The first-order valence-corrected chi connectivity index (χ1v) is 7.08. The summed E-state index contributed by atoms with van der Waals surface area (Å²) in [6, 6.07) is 6.26. The van der Waals surface area contributed by atoms with Crippen LogP contribution in [0.2, 0.25) is 0 Å². The van der Waals surface area contributed by atoms with Crippen molar-refractivity contribution in [1.82, 2.24) is 0 Å². The van der Waals surface area contributed by atoms with Gasteiger partial charge in [0.25, 0.3) is 0 Å². The summed E-state index contributed by atoms with van der Waals surface area (Å²) < 4.78 is 0. The second kappa shape index (κ2) is 6.00. The molecule has 1 aromatic rings. The molecule has 1 aromatic carbocycles. The first-order valence-electron chi connectivity index (χ1n) is 7.08. The van der Waals surface area contributed by atoms with E-state index in [2.05, 4.69) is 37.0 Å². The van der Waals surface area contributed by atoms with Gasteiger partial charge in [0, 0.05) is 25.5 Å². The molecule has 0 saturated carbocycles. The van der Waals surface area contributed by atoms with Crippen molar-refractivity contribution in [2.24, 2.45) is 10.7 Å². The zero-order valence-corrected chi connectivity index (χ0v) is 13.4.